The number of carbonyl (C=O) groups is 2. The van der Waals surface area contributed by atoms with Crippen LogP contribution >= 0.6 is 11.8 Å². The van der Waals surface area contributed by atoms with E-state index in [2.05, 4.69) is 20.3 Å². The van der Waals surface area contributed by atoms with Crippen molar-refractivity contribution in [3.05, 3.63) is 94.0 Å². The highest BCUT2D eigenvalue weighted by Gasteiger charge is 2.18. The second kappa shape index (κ2) is 10.8. The first-order valence-electron chi connectivity index (χ1n) is 10.7. The molecule has 3 aromatic carbocycles. The minimum Gasteiger partial charge on any atom is -0.465 e. The summed E-state index contributed by atoms with van der Waals surface area (Å²) < 4.78 is 6.48. The van der Waals surface area contributed by atoms with Gasteiger partial charge in [-0.05, 0) is 55.5 Å². The number of esters is 1. The molecule has 4 aromatic rings. The maximum atomic E-state index is 12.6. The van der Waals surface area contributed by atoms with Crippen LogP contribution in [0.5, 0.6) is 0 Å². The van der Waals surface area contributed by atoms with Crippen LogP contribution in [0.4, 0.5) is 11.4 Å². The number of ether oxygens (including phenoxy) is 1. The second-order valence-electron chi connectivity index (χ2n) is 7.69. The molecule has 11 heteroatoms. The van der Waals surface area contributed by atoms with Gasteiger partial charge in [0.1, 0.15) is 0 Å². The predicted molar refractivity (Wildman–Crippen MR) is 135 cm³/mol. The minimum atomic E-state index is -0.461. The number of nitrogens with zero attached hydrogens (tertiary/aromatic N) is 4. The van der Waals surface area contributed by atoms with Crippen molar-refractivity contribution < 1.29 is 19.2 Å². The van der Waals surface area contributed by atoms with Gasteiger partial charge in [0.25, 0.3) is 5.69 Å². The summed E-state index contributed by atoms with van der Waals surface area (Å²) >= 11 is 1.20. The van der Waals surface area contributed by atoms with E-state index in [-0.39, 0.29) is 17.3 Å². The van der Waals surface area contributed by atoms with Crippen LogP contribution in [0.3, 0.4) is 0 Å². The summed E-state index contributed by atoms with van der Waals surface area (Å²) in [6, 6.07) is 20.2. The van der Waals surface area contributed by atoms with Crippen LogP contribution < -0.4 is 5.32 Å². The third kappa shape index (κ3) is 5.58. The van der Waals surface area contributed by atoms with Crippen molar-refractivity contribution in [3.63, 3.8) is 0 Å². The lowest BCUT2D eigenvalue weighted by Gasteiger charge is -2.11. The number of aromatic nitrogens is 3. The number of benzene rings is 3. The molecule has 0 aliphatic heterocycles. The summed E-state index contributed by atoms with van der Waals surface area (Å²) in [7, 11) is 1.30. The predicted octanol–water partition coefficient (Wildman–Crippen LogP) is 4.67. The van der Waals surface area contributed by atoms with Crippen molar-refractivity contribution in [3.8, 4) is 17.1 Å². The molecule has 36 heavy (non-hydrogen) atoms. The van der Waals surface area contributed by atoms with Gasteiger partial charge in [-0.15, -0.1) is 10.2 Å². The Morgan fingerprint density at radius 3 is 2.28 bits per heavy atom. The topological polar surface area (TPSA) is 129 Å². The van der Waals surface area contributed by atoms with Crippen molar-refractivity contribution in [1.29, 1.82) is 0 Å². The number of nitro groups is 1. The van der Waals surface area contributed by atoms with Crippen LogP contribution in [-0.4, -0.2) is 44.4 Å². The number of rotatable bonds is 8. The summed E-state index contributed by atoms with van der Waals surface area (Å²) in [6.07, 6.45) is 0. The molecule has 1 amide bonds. The molecule has 0 unspecified atom stereocenters. The van der Waals surface area contributed by atoms with Gasteiger partial charge in [-0.3, -0.25) is 19.5 Å². The maximum Gasteiger partial charge on any atom is 0.337 e. The van der Waals surface area contributed by atoms with E-state index in [9.17, 15) is 19.7 Å². The first kappa shape index (κ1) is 24.6. The van der Waals surface area contributed by atoms with Crippen molar-refractivity contribution in [2.24, 2.45) is 0 Å². The Bertz CT molecular complexity index is 1400. The molecule has 0 radical (unpaired) electrons. The molecule has 0 fully saturated rings. The Labute approximate surface area is 210 Å². The Hall–Kier alpha value is -4.51. The first-order valence-corrected chi connectivity index (χ1v) is 11.7. The minimum absolute atomic E-state index is 0.0222. The summed E-state index contributed by atoms with van der Waals surface area (Å²) in [5, 5.41) is 22.9. The fourth-order valence-electron chi connectivity index (χ4n) is 3.34. The van der Waals surface area contributed by atoms with Gasteiger partial charge in [0, 0.05) is 29.1 Å². The number of hydrogen-bond donors (Lipinski definition) is 1. The smallest absolute Gasteiger partial charge is 0.337 e. The normalized spacial score (nSPS) is 10.6. The number of aryl methyl sites for hydroxylation is 1. The molecule has 10 nitrogen and oxygen atoms in total. The fourth-order valence-corrected chi connectivity index (χ4v) is 4.10. The van der Waals surface area contributed by atoms with E-state index in [0.29, 0.717) is 27.8 Å². The zero-order valence-corrected chi connectivity index (χ0v) is 20.2. The molecule has 0 aliphatic carbocycles. The average Bonchev–Trinajstić information content (AvgIpc) is 3.32. The summed E-state index contributed by atoms with van der Waals surface area (Å²) in [6.45, 7) is 1.98. The molecule has 0 saturated carbocycles. The van der Waals surface area contributed by atoms with E-state index in [1.807, 2.05) is 35.8 Å². The molecule has 1 N–H and O–H groups in total. The van der Waals surface area contributed by atoms with Crippen LogP contribution in [0.15, 0.2) is 78.0 Å². The van der Waals surface area contributed by atoms with E-state index < -0.39 is 10.9 Å². The lowest BCUT2D eigenvalue weighted by Crippen LogP contribution is -2.14. The average molecular weight is 504 g/mol. The van der Waals surface area contributed by atoms with Gasteiger partial charge in [0.15, 0.2) is 11.0 Å². The highest BCUT2D eigenvalue weighted by atomic mass is 32.2. The number of nitro benzene ring substituents is 1. The largest absolute Gasteiger partial charge is 0.465 e. The molecule has 182 valence electrons. The summed E-state index contributed by atoms with van der Waals surface area (Å²) in [5.74, 6) is -0.165. The number of amides is 1. The first-order chi connectivity index (χ1) is 17.4. The quantitative estimate of drug-likeness (QED) is 0.159. The van der Waals surface area contributed by atoms with Crippen molar-refractivity contribution in [2.75, 3.05) is 18.2 Å². The number of nitrogens with one attached hydrogen (secondary N) is 1. The number of non-ortho nitro benzene ring substituents is 1. The van der Waals surface area contributed by atoms with E-state index >= 15 is 0 Å². The number of hydrogen-bond acceptors (Lipinski definition) is 8. The second-order valence-corrected chi connectivity index (χ2v) is 8.63. The highest BCUT2D eigenvalue weighted by Crippen LogP contribution is 2.29. The van der Waals surface area contributed by atoms with E-state index in [1.54, 1.807) is 36.4 Å². The Balaban J connectivity index is 1.55. The van der Waals surface area contributed by atoms with Crippen molar-refractivity contribution in [1.82, 2.24) is 14.8 Å². The molecule has 1 aromatic heterocycles. The van der Waals surface area contributed by atoms with Crippen molar-refractivity contribution >= 4 is 35.0 Å². The molecule has 4 rings (SSSR count). The van der Waals surface area contributed by atoms with Gasteiger partial charge < -0.3 is 10.1 Å². The van der Waals surface area contributed by atoms with Gasteiger partial charge >= 0.3 is 5.97 Å². The van der Waals surface area contributed by atoms with Crippen LogP contribution in [-0.2, 0) is 9.53 Å². The van der Waals surface area contributed by atoms with Crippen LogP contribution in [0, 0.1) is 17.0 Å². The molecular formula is C25H21N5O5S. The molecule has 0 aliphatic rings. The third-order valence-electron chi connectivity index (χ3n) is 5.18. The Kier molecular flexibility index (Phi) is 7.40. The van der Waals surface area contributed by atoms with Gasteiger partial charge in [-0.2, -0.15) is 0 Å². The van der Waals surface area contributed by atoms with Crippen LogP contribution in [0.25, 0.3) is 17.1 Å². The Morgan fingerprint density at radius 1 is 1.00 bits per heavy atom. The number of anilines is 1. The molecule has 0 bridgehead atoms. The van der Waals surface area contributed by atoms with Crippen LogP contribution in [0.2, 0.25) is 0 Å². The van der Waals surface area contributed by atoms with Crippen LogP contribution in [0.1, 0.15) is 15.9 Å². The van der Waals surface area contributed by atoms with Gasteiger partial charge in [-0.25, -0.2) is 4.79 Å². The lowest BCUT2D eigenvalue weighted by molar-refractivity contribution is -0.384. The highest BCUT2D eigenvalue weighted by molar-refractivity contribution is 7.99. The maximum absolute atomic E-state index is 12.6. The van der Waals surface area contributed by atoms with Gasteiger partial charge in [-0.1, -0.05) is 29.5 Å². The lowest BCUT2D eigenvalue weighted by atomic mass is 10.2. The Morgan fingerprint density at radius 2 is 1.67 bits per heavy atom. The fraction of sp³-hybridized carbons (Fsp3) is 0.120. The standard InChI is InChI=1S/C25H21N5O5S/c1-16-3-11-20(12-4-16)29-23(17-7-13-21(14-8-17)30(33)34)27-28-25(29)36-15-22(31)26-19-9-5-18(6-10-19)24(32)35-2/h3-14H,15H2,1-2H3,(H,26,31). The molecule has 0 saturated heterocycles. The summed E-state index contributed by atoms with van der Waals surface area (Å²) in [4.78, 5) is 34.7. The van der Waals surface area contributed by atoms with E-state index in [0.717, 1.165) is 11.3 Å². The number of methoxy groups -OCH3 is 1. The number of carbonyl (C=O) groups excluding carboxylic acids is 2. The van der Waals surface area contributed by atoms with Gasteiger partial charge in [0.2, 0.25) is 5.91 Å². The molecule has 1 heterocycles. The SMILES string of the molecule is COC(=O)c1ccc(NC(=O)CSc2nnc(-c3ccc([N+](=O)[O-])cc3)n2-c2ccc(C)cc2)cc1. The zero-order valence-electron chi connectivity index (χ0n) is 19.4. The molecular weight excluding hydrogens is 482 g/mol. The molecule has 0 spiro atoms. The number of thioether (sulfide) groups is 1. The monoisotopic (exact) mass is 503 g/mol. The van der Waals surface area contributed by atoms with Crippen molar-refractivity contribution in [2.45, 2.75) is 12.1 Å². The van der Waals surface area contributed by atoms with E-state index in [1.165, 1.54) is 31.0 Å². The van der Waals surface area contributed by atoms with Gasteiger partial charge in [0.05, 0.1) is 23.3 Å². The van der Waals surface area contributed by atoms with E-state index in [4.69, 9.17) is 0 Å². The zero-order chi connectivity index (χ0) is 25.7. The third-order valence-corrected chi connectivity index (χ3v) is 6.11. The molecule has 0 atom stereocenters. The summed E-state index contributed by atoms with van der Waals surface area (Å²) in [5.41, 5.74) is 3.42.